The highest BCUT2D eigenvalue weighted by molar-refractivity contribution is 6.31. The second-order valence-electron chi connectivity index (χ2n) is 7.82. The fraction of sp³-hybridized carbons (Fsp3) is 0.217. The van der Waals surface area contributed by atoms with Gasteiger partial charge in [-0.3, -0.25) is 14.2 Å². The van der Waals surface area contributed by atoms with Crippen molar-refractivity contribution in [3.05, 3.63) is 92.4 Å². The molecule has 1 aromatic heterocycles. The van der Waals surface area contributed by atoms with Crippen molar-refractivity contribution in [2.45, 2.75) is 31.6 Å². The van der Waals surface area contributed by atoms with Crippen molar-refractivity contribution >= 4 is 17.5 Å². The van der Waals surface area contributed by atoms with Gasteiger partial charge in [0, 0.05) is 24.4 Å². The molecule has 2 N–H and O–H groups in total. The Labute approximate surface area is 195 Å². The van der Waals surface area contributed by atoms with Crippen LogP contribution in [0.1, 0.15) is 24.0 Å². The van der Waals surface area contributed by atoms with Crippen LogP contribution in [0.25, 0.3) is 5.69 Å². The summed E-state index contributed by atoms with van der Waals surface area (Å²) < 4.78 is 62.2. The molecule has 1 heterocycles. The summed E-state index contributed by atoms with van der Waals surface area (Å²) in [5.74, 6) is -4.58. The van der Waals surface area contributed by atoms with Crippen LogP contribution < -0.4 is 15.6 Å². The van der Waals surface area contributed by atoms with E-state index in [0.717, 1.165) is 24.4 Å². The monoisotopic (exact) mass is 496 g/mol. The molecule has 0 spiro atoms. The van der Waals surface area contributed by atoms with Crippen LogP contribution in [-0.2, 0) is 17.9 Å². The number of carbonyl (C=O) groups is 1. The first-order valence-electron chi connectivity index (χ1n) is 10.1. The summed E-state index contributed by atoms with van der Waals surface area (Å²) in [6, 6.07) is 5.94. The minimum atomic E-state index is -1.42. The third-order valence-corrected chi connectivity index (χ3v) is 5.66. The Balaban J connectivity index is 1.54. The number of hydrogen-bond donors (Lipinski definition) is 2. The average molecular weight is 497 g/mol. The number of amides is 1. The van der Waals surface area contributed by atoms with E-state index >= 15 is 0 Å². The molecule has 2 aromatic carbocycles. The number of halogens is 5. The van der Waals surface area contributed by atoms with Gasteiger partial charge in [-0.1, -0.05) is 11.6 Å². The number of ether oxygens (including phenoxy) is 1. The molecule has 0 unspecified atom stereocenters. The van der Waals surface area contributed by atoms with Gasteiger partial charge in [-0.2, -0.15) is 0 Å². The number of carbonyl (C=O) groups excluding carboxylic acids is 1. The Morgan fingerprint density at radius 1 is 1.09 bits per heavy atom. The van der Waals surface area contributed by atoms with E-state index in [4.69, 9.17) is 16.3 Å². The zero-order valence-electron chi connectivity index (χ0n) is 17.4. The maximum Gasteiger partial charge on any atom is 0.277 e. The quantitative estimate of drug-likeness (QED) is 0.488. The fourth-order valence-corrected chi connectivity index (χ4v) is 3.43. The third kappa shape index (κ3) is 4.78. The number of pyridine rings is 1. The van der Waals surface area contributed by atoms with Crippen molar-refractivity contribution < 1.29 is 32.2 Å². The van der Waals surface area contributed by atoms with E-state index in [1.807, 2.05) is 0 Å². The zero-order valence-corrected chi connectivity index (χ0v) is 18.1. The lowest BCUT2D eigenvalue weighted by Gasteiger charge is -2.14. The molecule has 0 aliphatic heterocycles. The molecule has 6 nitrogen and oxygen atoms in total. The highest BCUT2D eigenvalue weighted by Gasteiger charge is 2.47. The number of rotatable bonds is 7. The highest BCUT2D eigenvalue weighted by Crippen LogP contribution is 2.35. The summed E-state index contributed by atoms with van der Waals surface area (Å²) >= 11 is 6.02. The van der Waals surface area contributed by atoms with Crippen LogP contribution in [0.4, 0.5) is 17.6 Å². The summed E-state index contributed by atoms with van der Waals surface area (Å²) in [6.07, 6.45) is 1.68. The fourth-order valence-electron chi connectivity index (χ4n) is 3.22. The molecule has 1 amide bonds. The van der Waals surface area contributed by atoms with Gasteiger partial charge in [0.1, 0.15) is 40.3 Å². The molecule has 0 atom stereocenters. The van der Waals surface area contributed by atoms with Crippen LogP contribution in [0.15, 0.2) is 47.4 Å². The van der Waals surface area contributed by atoms with E-state index in [0.29, 0.717) is 23.5 Å². The van der Waals surface area contributed by atoms with E-state index in [2.05, 4.69) is 5.32 Å². The van der Waals surface area contributed by atoms with Gasteiger partial charge in [-0.05, 0) is 48.7 Å². The van der Waals surface area contributed by atoms with Crippen molar-refractivity contribution in [3.8, 4) is 11.4 Å². The number of aliphatic hydroxyl groups is 1. The van der Waals surface area contributed by atoms with Gasteiger partial charge in [0.15, 0.2) is 11.6 Å². The maximum absolute atomic E-state index is 14.7. The molecule has 1 fully saturated rings. The largest absolute Gasteiger partial charge is 0.487 e. The van der Waals surface area contributed by atoms with Crippen molar-refractivity contribution in [2.24, 2.45) is 0 Å². The van der Waals surface area contributed by atoms with Gasteiger partial charge >= 0.3 is 0 Å². The minimum absolute atomic E-state index is 0.00946. The van der Waals surface area contributed by atoms with Gasteiger partial charge in [-0.25, -0.2) is 17.6 Å². The van der Waals surface area contributed by atoms with Crippen molar-refractivity contribution in [2.75, 3.05) is 0 Å². The summed E-state index contributed by atoms with van der Waals surface area (Å²) in [5, 5.41) is 11.6. The van der Waals surface area contributed by atoms with Gasteiger partial charge in [0.25, 0.3) is 11.5 Å². The van der Waals surface area contributed by atoms with Gasteiger partial charge in [0.05, 0.1) is 0 Å². The molecule has 3 aromatic rings. The molecule has 1 aliphatic carbocycles. The van der Waals surface area contributed by atoms with E-state index in [1.54, 1.807) is 0 Å². The molecule has 0 radical (unpaired) electrons. The normalized spacial score (nSPS) is 14.1. The van der Waals surface area contributed by atoms with Gasteiger partial charge < -0.3 is 15.2 Å². The summed E-state index contributed by atoms with van der Waals surface area (Å²) in [7, 11) is 0. The van der Waals surface area contributed by atoms with Crippen molar-refractivity contribution in [1.29, 1.82) is 0 Å². The van der Waals surface area contributed by atoms with E-state index < -0.39 is 51.0 Å². The molecule has 4 rings (SSSR count). The maximum atomic E-state index is 14.7. The first kappa shape index (κ1) is 23.8. The molecular formula is C23H17ClF4N2O4. The van der Waals surface area contributed by atoms with Crippen molar-refractivity contribution in [3.63, 3.8) is 0 Å². The Morgan fingerprint density at radius 3 is 2.38 bits per heavy atom. The number of nitrogens with one attached hydrogen (secondary N) is 1. The van der Waals surface area contributed by atoms with Crippen LogP contribution >= 0.6 is 11.6 Å². The molecule has 1 saturated carbocycles. The van der Waals surface area contributed by atoms with Crippen LogP contribution in [0.3, 0.4) is 0 Å². The Hall–Kier alpha value is -3.37. The van der Waals surface area contributed by atoms with E-state index in [-0.39, 0.29) is 30.0 Å². The second-order valence-corrected chi connectivity index (χ2v) is 8.19. The lowest BCUT2D eigenvalue weighted by atomic mass is 10.1. The topological polar surface area (TPSA) is 80.6 Å². The molecule has 11 heteroatoms. The number of nitrogens with zero attached hydrogens (tertiary/aromatic N) is 1. The molecular weight excluding hydrogens is 480 g/mol. The third-order valence-electron chi connectivity index (χ3n) is 5.31. The first-order chi connectivity index (χ1) is 16.1. The first-order valence-corrected chi connectivity index (χ1v) is 10.4. The average Bonchev–Trinajstić information content (AvgIpc) is 3.53. The predicted octanol–water partition coefficient (Wildman–Crippen LogP) is 3.77. The minimum Gasteiger partial charge on any atom is -0.487 e. The van der Waals surface area contributed by atoms with Crippen LogP contribution in [-0.4, -0.2) is 21.2 Å². The molecule has 34 heavy (non-hydrogen) atoms. The molecule has 0 bridgehead atoms. The predicted molar refractivity (Wildman–Crippen MR) is 114 cm³/mol. The molecule has 1 aliphatic rings. The zero-order chi connectivity index (χ0) is 24.6. The highest BCUT2D eigenvalue weighted by atomic mass is 35.5. The van der Waals surface area contributed by atoms with Crippen LogP contribution in [0, 0.1) is 23.3 Å². The Bertz CT molecular complexity index is 1320. The molecule has 0 saturated heterocycles. The van der Waals surface area contributed by atoms with Crippen LogP contribution in [0.2, 0.25) is 5.02 Å². The Morgan fingerprint density at radius 2 is 1.76 bits per heavy atom. The van der Waals surface area contributed by atoms with Gasteiger partial charge in [0.2, 0.25) is 0 Å². The summed E-state index contributed by atoms with van der Waals surface area (Å²) in [5.41, 5.74) is -3.02. The van der Waals surface area contributed by atoms with Gasteiger partial charge in [-0.15, -0.1) is 0 Å². The Kier molecular flexibility index (Phi) is 6.37. The summed E-state index contributed by atoms with van der Waals surface area (Å²) in [6.45, 7) is -0.592. The second kappa shape index (κ2) is 9.11. The lowest BCUT2D eigenvalue weighted by molar-refractivity contribution is -0.131. The SMILES string of the molecule is O=C(NCc1cc(F)c(-n2ccc(OCc3ccc(F)cc3F)c(Cl)c2=O)c(F)c1)C1(O)CC1. The number of benzene rings is 2. The number of hydrogen-bond acceptors (Lipinski definition) is 4. The van der Waals surface area contributed by atoms with Crippen LogP contribution in [0.5, 0.6) is 5.75 Å². The van der Waals surface area contributed by atoms with Crippen molar-refractivity contribution in [1.82, 2.24) is 9.88 Å². The lowest BCUT2D eigenvalue weighted by Crippen LogP contribution is -2.35. The smallest absolute Gasteiger partial charge is 0.277 e. The number of aromatic nitrogens is 1. The summed E-state index contributed by atoms with van der Waals surface area (Å²) in [4.78, 5) is 24.4. The molecule has 178 valence electrons. The standard InChI is InChI=1S/C23H17ClF4N2O4/c24-19-18(34-11-13-1-2-14(25)9-15(13)26)3-6-30(21(19)31)20-16(27)7-12(8-17(20)28)10-29-22(32)23(33)4-5-23/h1-3,6-9,33H,4-5,10-11H2,(H,29,32). The van der Waals surface area contributed by atoms with E-state index in [1.165, 1.54) is 12.1 Å². The van der Waals surface area contributed by atoms with E-state index in [9.17, 15) is 32.3 Å².